The smallest absolute Gasteiger partial charge is 0.245 e. The van der Waals surface area contributed by atoms with Gasteiger partial charge in [-0.3, -0.25) is 0 Å². The lowest BCUT2D eigenvalue weighted by Crippen LogP contribution is -2.32. The Balaban J connectivity index is 1.34. The summed E-state index contributed by atoms with van der Waals surface area (Å²) in [4.78, 5) is 0. The summed E-state index contributed by atoms with van der Waals surface area (Å²) in [6.07, 6.45) is 39.6. The predicted molar refractivity (Wildman–Crippen MR) is 165 cm³/mol. The van der Waals surface area contributed by atoms with Crippen LogP contribution >= 0.6 is 0 Å². The molecule has 40 heavy (non-hydrogen) atoms. The molecule has 0 radical (unpaired) electrons. The van der Waals surface area contributed by atoms with Crippen LogP contribution in [0.2, 0.25) is 0 Å². The maximum Gasteiger partial charge on any atom is 0.245 e. The van der Waals surface area contributed by atoms with Crippen molar-refractivity contribution in [3.63, 3.8) is 0 Å². The van der Waals surface area contributed by atoms with E-state index in [1.165, 1.54) is 116 Å². The lowest BCUT2D eigenvalue weighted by Gasteiger charge is -2.03. The van der Waals surface area contributed by atoms with E-state index < -0.39 is 0 Å². The highest BCUT2D eigenvalue weighted by Crippen LogP contribution is 2.10. The zero-order chi connectivity index (χ0) is 28.4. The Morgan fingerprint density at radius 2 is 0.800 bits per heavy atom. The Kier molecular flexibility index (Phi) is 21.7. The van der Waals surface area contributed by atoms with Crippen molar-refractivity contribution >= 4 is 0 Å². The maximum atomic E-state index is 5.88. The van der Waals surface area contributed by atoms with Gasteiger partial charge in [0.05, 0.1) is 26.3 Å². The van der Waals surface area contributed by atoms with Crippen LogP contribution in [-0.4, -0.2) is 22.3 Å². The van der Waals surface area contributed by atoms with E-state index in [4.69, 9.17) is 9.47 Å². The molecule has 0 aromatic carbocycles. The highest BCUT2D eigenvalue weighted by molar-refractivity contribution is 4.66. The molecule has 0 aliphatic carbocycles. The van der Waals surface area contributed by atoms with E-state index in [1.807, 2.05) is 0 Å². The van der Waals surface area contributed by atoms with Gasteiger partial charge in [-0.1, -0.05) is 104 Å². The van der Waals surface area contributed by atoms with Gasteiger partial charge in [0.25, 0.3) is 0 Å². The zero-order valence-electron chi connectivity index (χ0n) is 26.5. The van der Waals surface area contributed by atoms with Crippen molar-refractivity contribution in [3.05, 3.63) is 37.4 Å². The van der Waals surface area contributed by atoms with Gasteiger partial charge in [0.2, 0.25) is 12.7 Å². The van der Waals surface area contributed by atoms with Gasteiger partial charge in [-0.2, -0.15) is 0 Å². The van der Waals surface area contributed by atoms with Crippen LogP contribution in [0.15, 0.2) is 37.4 Å². The van der Waals surface area contributed by atoms with Crippen molar-refractivity contribution < 1.29 is 18.6 Å². The number of aryl methyl sites for hydroxylation is 2. The molecule has 0 unspecified atom stereocenters. The molecule has 230 valence electrons. The van der Waals surface area contributed by atoms with Crippen LogP contribution in [-0.2, 0) is 36.0 Å². The van der Waals surface area contributed by atoms with Crippen LogP contribution < -0.4 is 9.13 Å². The van der Waals surface area contributed by atoms with E-state index >= 15 is 0 Å². The van der Waals surface area contributed by atoms with Crippen LogP contribution in [0.1, 0.15) is 142 Å². The van der Waals surface area contributed by atoms with Gasteiger partial charge in [-0.15, -0.1) is 0 Å². The molecule has 0 spiro atoms. The summed E-state index contributed by atoms with van der Waals surface area (Å²) in [5, 5.41) is 0. The topological polar surface area (TPSA) is 36.1 Å². The minimum absolute atomic E-state index is 0.656. The summed E-state index contributed by atoms with van der Waals surface area (Å²) in [7, 11) is 0. The molecule has 2 aromatic heterocycles. The Bertz CT molecular complexity index is 737. The summed E-state index contributed by atoms with van der Waals surface area (Å²) in [6, 6.07) is 0. The van der Waals surface area contributed by atoms with E-state index in [2.05, 4.69) is 69.6 Å². The van der Waals surface area contributed by atoms with E-state index in [1.54, 1.807) is 0 Å². The van der Waals surface area contributed by atoms with E-state index in [-0.39, 0.29) is 0 Å². The van der Waals surface area contributed by atoms with Gasteiger partial charge in [-0.25, -0.2) is 18.3 Å². The quantitative estimate of drug-likeness (QED) is 0.0740. The monoisotopic (exact) mass is 561 g/mol. The number of unbranched alkanes of at least 4 members (excludes halogenated alkanes) is 17. The summed E-state index contributed by atoms with van der Waals surface area (Å²) in [6.45, 7) is 9.78. The van der Waals surface area contributed by atoms with Crippen molar-refractivity contribution in [2.75, 3.05) is 13.2 Å². The van der Waals surface area contributed by atoms with Crippen molar-refractivity contribution in [1.29, 1.82) is 0 Å². The molecule has 0 saturated carbocycles. The number of nitrogens with zero attached hydrogens (tertiary/aromatic N) is 4. The molecule has 0 atom stereocenters. The van der Waals surface area contributed by atoms with Crippen molar-refractivity contribution in [3.8, 4) is 0 Å². The Labute approximate surface area is 247 Å². The number of imidazole rings is 2. The highest BCUT2D eigenvalue weighted by Gasteiger charge is 2.05. The number of aromatic nitrogens is 4. The summed E-state index contributed by atoms with van der Waals surface area (Å²) in [5.41, 5.74) is 0. The third-order valence-corrected chi connectivity index (χ3v) is 7.84. The summed E-state index contributed by atoms with van der Waals surface area (Å²) >= 11 is 0. The fraction of sp³-hybridized carbons (Fsp3) is 0.824. The number of rotatable bonds is 29. The second-order valence-corrected chi connectivity index (χ2v) is 11.8. The fourth-order valence-electron chi connectivity index (χ4n) is 5.25. The number of hydrogen-bond donors (Lipinski definition) is 0. The van der Waals surface area contributed by atoms with Crippen molar-refractivity contribution in [2.24, 2.45) is 0 Å². The SMILES string of the molecule is CCCCCCCCCCn1cc[n+](COCCCCCCOC[n+]2ccn(CCCCCCCCCC)c2)c1. The molecule has 0 aliphatic heterocycles. The average Bonchev–Trinajstić information content (AvgIpc) is 3.62. The van der Waals surface area contributed by atoms with Gasteiger partial charge in [0.1, 0.15) is 24.8 Å². The molecular formula is C34H64N4O2+2. The zero-order valence-corrected chi connectivity index (χ0v) is 26.5. The number of ether oxygens (including phenoxy) is 2. The normalized spacial score (nSPS) is 11.6. The van der Waals surface area contributed by atoms with Crippen molar-refractivity contribution in [1.82, 2.24) is 9.13 Å². The van der Waals surface area contributed by atoms with Crippen molar-refractivity contribution in [2.45, 2.75) is 169 Å². The summed E-state index contributed by atoms with van der Waals surface area (Å²) < 4.78 is 20.7. The highest BCUT2D eigenvalue weighted by atomic mass is 16.5. The molecule has 0 saturated heterocycles. The van der Waals surface area contributed by atoms with Crippen LogP contribution in [0.3, 0.4) is 0 Å². The Morgan fingerprint density at radius 3 is 1.20 bits per heavy atom. The van der Waals surface area contributed by atoms with E-state index in [0.717, 1.165) is 39.1 Å². The molecule has 6 nitrogen and oxygen atoms in total. The molecular weight excluding hydrogens is 496 g/mol. The maximum absolute atomic E-state index is 5.88. The van der Waals surface area contributed by atoms with Gasteiger partial charge in [0.15, 0.2) is 13.5 Å². The minimum atomic E-state index is 0.656. The van der Waals surface area contributed by atoms with Crippen LogP contribution in [0, 0.1) is 0 Å². The molecule has 2 aromatic rings. The molecule has 0 amide bonds. The average molecular weight is 561 g/mol. The number of hydrogen-bond acceptors (Lipinski definition) is 2. The van der Waals surface area contributed by atoms with Crippen LogP contribution in [0.4, 0.5) is 0 Å². The largest absolute Gasteiger partial charge is 0.342 e. The fourth-order valence-corrected chi connectivity index (χ4v) is 5.25. The Morgan fingerprint density at radius 1 is 0.450 bits per heavy atom. The third kappa shape index (κ3) is 18.6. The molecule has 6 heteroatoms. The molecule has 2 heterocycles. The van der Waals surface area contributed by atoms with Gasteiger partial charge < -0.3 is 9.47 Å². The first-order valence-corrected chi connectivity index (χ1v) is 17.1. The molecule has 0 bridgehead atoms. The van der Waals surface area contributed by atoms with Crippen LogP contribution in [0.5, 0.6) is 0 Å². The van der Waals surface area contributed by atoms with Gasteiger partial charge in [0, 0.05) is 0 Å². The first-order chi connectivity index (χ1) is 19.8. The molecule has 0 N–H and O–H groups in total. The lowest BCUT2D eigenvalue weighted by molar-refractivity contribution is -0.732. The summed E-state index contributed by atoms with van der Waals surface area (Å²) in [5.74, 6) is 0. The standard InChI is InChI=1S/C34H64N4O2/c1-3-5-7-9-11-13-15-19-23-35-25-27-37(31-35)33-39-29-21-17-18-22-30-40-34-38-28-26-36(32-38)24-20-16-14-12-10-8-6-4-2/h25-28,31-32H,3-24,29-30,33-34H2,1-2H3/q+2. The second-order valence-electron chi connectivity index (χ2n) is 11.8. The first kappa shape index (κ1) is 34.5. The van der Waals surface area contributed by atoms with Gasteiger partial charge >= 0.3 is 0 Å². The Hall–Kier alpha value is -1.66. The van der Waals surface area contributed by atoms with E-state index in [9.17, 15) is 0 Å². The minimum Gasteiger partial charge on any atom is -0.342 e. The second kappa shape index (κ2) is 25.1. The molecule has 2 rings (SSSR count). The predicted octanol–water partition coefficient (Wildman–Crippen LogP) is 8.35. The molecule has 0 aliphatic rings. The molecule has 0 fully saturated rings. The van der Waals surface area contributed by atoms with Crippen LogP contribution in [0.25, 0.3) is 0 Å². The van der Waals surface area contributed by atoms with E-state index in [0.29, 0.717) is 13.5 Å². The lowest BCUT2D eigenvalue weighted by atomic mass is 10.1. The first-order valence-electron chi connectivity index (χ1n) is 17.1. The van der Waals surface area contributed by atoms with Gasteiger partial charge in [-0.05, 0) is 38.5 Å². The third-order valence-electron chi connectivity index (χ3n) is 7.84.